The van der Waals surface area contributed by atoms with Crippen molar-refractivity contribution in [1.29, 1.82) is 0 Å². The lowest BCUT2D eigenvalue weighted by molar-refractivity contribution is 0.279. The van der Waals surface area contributed by atoms with E-state index in [4.69, 9.17) is 19.6 Å². The highest BCUT2D eigenvalue weighted by molar-refractivity contribution is 7.52. The second kappa shape index (κ2) is 6.08. The van der Waals surface area contributed by atoms with Gasteiger partial charge in [0, 0.05) is 24.9 Å². The fourth-order valence-electron chi connectivity index (χ4n) is 1.41. The van der Waals surface area contributed by atoms with Crippen LogP contribution in [0.2, 0.25) is 0 Å². The molecule has 0 saturated carbocycles. The lowest BCUT2D eigenvalue weighted by Gasteiger charge is -2.22. The van der Waals surface area contributed by atoms with Crippen molar-refractivity contribution in [3.05, 3.63) is 18.2 Å². The molecule has 0 saturated heterocycles. The summed E-state index contributed by atoms with van der Waals surface area (Å²) in [5, 5.41) is 0. The molecule has 11 heteroatoms. The summed E-state index contributed by atoms with van der Waals surface area (Å²) in [6.07, 6.45) is 1.97. The van der Waals surface area contributed by atoms with Crippen LogP contribution < -0.4 is 0 Å². The number of imidazole rings is 1. The molecule has 0 aromatic carbocycles. The lowest BCUT2D eigenvalue weighted by atomic mass is 10.3. The van der Waals surface area contributed by atoms with Crippen LogP contribution in [0, 0.1) is 0 Å². The van der Waals surface area contributed by atoms with E-state index in [9.17, 15) is 9.13 Å². The van der Waals surface area contributed by atoms with E-state index in [2.05, 4.69) is 9.97 Å². The minimum Gasteiger partial charge on any atom is -0.348 e. The Hall–Kier alpha value is -0.530. The van der Waals surface area contributed by atoms with Crippen LogP contribution in [0.25, 0.3) is 0 Å². The first-order valence-corrected chi connectivity index (χ1v) is 8.54. The maximum absolute atomic E-state index is 10.9. The second-order valence-electron chi connectivity index (χ2n) is 3.83. The van der Waals surface area contributed by atoms with Crippen molar-refractivity contribution >= 4 is 15.2 Å². The normalized spacial score (nSPS) is 13.2. The summed E-state index contributed by atoms with van der Waals surface area (Å²) < 4.78 is 21.7. The lowest BCUT2D eigenvalue weighted by Crippen LogP contribution is -2.28. The molecule has 0 aliphatic rings. The number of aromatic amines is 1. The summed E-state index contributed by atoms with van der Waals surface area (Å²) in [6, 6.07) is 0. The molecule has 1 aromatic rings. The molecule has 0 spiro atoms. The molecule has 0 amide bonds. The number of H-pyrrole nitrogens is 1. The van der Waals surface area contributed by atoms with Crippen LogP contribution in [0.5, 0.6) is 0 Å². The first-order chi connectivity index (χ1) is 8.16. The van der Waals surface area contributed by atoms with Gasteiger partial charge in [0.05, 0.1) is 6.33 Å². The van der Waals surface area contributed by atoms with Crippen molar-refractivity contribution in [3.8, 4) is 0 Å². The van der Waals surface area contributed by atoms with Gasteiger partial charge in [-0.3, -0.25) is 14.0 Å². The Morgan fingerprint density at radius 1 is 1.17 bits per heavy atom. The van der Waals surface area contributed by atoms with Crippen molar-refractivity contribution in [1.82, 2.24) is 14.9 Å². The topological polar surface area (TPSA) is 147 Å². The van der Waals surface area contributed by atoms with Crippen molar-refractivity contribution in [2.75, 3.05) is 19.1 Å². The molecule has 5 N–H and O–H groups in total. The molecule has 0 bridgehead atoms. The number of hydrogen-bond donors (Lipinski definition) is 5. The third kappa shape index (κ3) is 7.03. The van der Waals surface area contributed by atoms with Crippen LogP contribution in [0.1, 0.15) is 5.69 Å². The van der Waals surface area contributed by atoms with Crippen molar-refractivity contribution in [3.63, 3.8) is 0 Å². The van der Waals surface area contributed by atoms with Gasteiger partial charge in [0.25, 0.3) is 0 Å². The standard InChI is InChI=1S/C7H15N3O6P2/c11-17(12,13)5-10(6-18(14,15)16)2-1-7-3-8-4-9-7/h3-4H,1-2,5-6H2,(H,8,9)(H2,11,12,13)(H2,14,15,16). The Balaban J connectivity index is 2.59. The summed E-state index contributed by atoms with van der Waals surface area (Å²) in [7, 11) is -8.72. The van der Waals surface area contributed by atoms with E-state index in [1.807, 2.05) is 0 Å². The molecule has 9 nitrogen and oxygen atoms in total. The molecule has 1 rings (SSSR count). The van der Waals surface area contributed by atoms with Crippen molar-refractivity contribution in [2.45, 2.75) is 6.42 Å². The first kappa shape index (κ1) is 15.5. The summed E-state index contributed by atoms with van der Waals surface area (Å²) in [5.41, 5.74) is 0.719. The van der Waals surface area contributed by atoms with Crippen LogP contribution in [-0.2, 0) is 15.6 Å². The van der Waals surface area contributed by atoms with E-state index < -0.39 is 27.8 Å². The Morgan fingerprint density at radius 2 is 1.72 bits per heavy atom. The zero-order chi connectivity index (χ0) is 13.8. The number of nitrogens with zero attached hydrogens (tertiary/aromatic N) is 2. The molecule has 0 unspecified atom stereocenters. The number of rotatable bonds is 7. The van der Waals surface area contributed by atoms with Gasteiger partial charge >= 0.3 is 15.2 Å². The number of aromatic nitrogens is 2. The largest absolute Gasteiger partial charge is 0.348 e. The Morgan fingerprint density at radius 3 is 2.11 bits per heavy atom. The zero-order valence-electron chi connectivity index (χ0n) is 9.38. The van der Waals surface area contributed by atoms with Crippen LogP contribution >= 0.6 is 15.2 Å². The minimum atomic E-state index is -4.36. The first-order valence-electron chi connectivity index (χ1n) is 4.94. The van der Waals surface area contributed by atoms with Crippen LogP contribution in [0.15, 0.2) is 12.5 Å². The smallest absolute Gasteiger partial charge is 0.339 e. The van der Waals surface area contributed by atoms with Crippen molar-refractivity contribution < 1.29 is 28.7 Å². The summed E-state index contributed by atoms with van der Waals surface area (Å²) in [4.78, 5) is 43.0. The minimum absolute atomic E-state index is 0.110. The third-order valence-electron chi connectivity index (χ3n) is 2.02. The van der Waals surface area contributed by atoms with Gasteiger partial charge in [0.15, 0.2) is 0 Å². The Labute approximate surface area is 103 Å². The molecular formula is C7H15N3O6P2. The fraction of sp³-hybridized carbons (Fsp3) is 0.571. The maximum atomic E-state index is 10.9. The highest BCUT2D eigenvalue weighted by Gasteiger charge is 2.25. The van der Waals surface area contributed by atoms with E-state index in [0.717, 1.165) is 10.6 Å². The fourth-order valence-corrected chi connectivity index (χ4v) is 3.09. The molecule has 0 fully saturated rings. The van der Waals surface area contributed by atoms with Crippen molar-refractivity contribution in [2.24, 2.45) is 0 Å². The van der Waals surface area contributed by atoms with Gasteiger partial charge < -0.3 is 24.6 Å². The van der Waals surface area contributed by atoms with Gasteiger partial charge in [-0.15, -0.1) is 0 Å². The van der Waals surface area contributed by atoms with E-state index in [-0.39, 0.29) is 6.54 Å². The number of nitrogens with one attached hydrogen (secondary N) is 1. The van der Waals surface area contributed by atoms with E-state index in [1.165, 1.54) is 12.5 Å². The molecular weight excluding hydrogens is 284 g/mol. The SMILES string of the molecule is O=P(O)(O)CN(CCc1cnc[nH]1)CP(=O)(O)O. The van der Waals surface area contributed by atoms with Crippen LogP contribution in [0.3, 0.4) is 0 Å². The predicted molar refractivity (Wildman–Crippen MR) is 62.8 cm³/mol. The molecule has 0 aliphatic heterocycles. The maximum Gasteiger partial charge on any atom is 0.339 e. The molecule has 1 heterocycles. The third-order valence-corrected chi connectivity index (χ3v) is 3.56. The molecule has 0 aliphatic carbocycles. The van der Waals surface area contributed by atoms with Crippen LogP contribution in [0.4, 0.5) is 0 Å². The molecule has 104 valence electrons. The molecule has 0 radical (unpaired) electrons. The van der Waals surface area contributed by atoms with E-state index in [0.29, 0.717) is 6.42 Å². The molecule has 18 heavy (non-hydrogen) atoms. The van der Waals surface area contributed by atoms with Gasteiger partial charge in [-0.2, -0.15) is 0 Å². The average Bonchev–Trinajstić information content (AvgIpc) is 2.61. The van der Waals surface area contributed by atoms with E-state index in [1.54, 1.807) is 0 Å². The second-order valence-corrected chi connectivity index (χ2v) is 7.06. The average molecular weight is 299 g/mol. The number of hydrogen-bond acceptors (Lipinski definition) is 4. The highest BCUT2D eigenvalue weighted by Crippen LogP contribution is 2.40. The highest BCUT2D eigenvalue weighted by atomic mass is 31.2. The van der Waals surface area contributed by atoms with Gasteiger partial charge in [-0.1, -0.05) is 0 Å². The monoisotopic (exact) mass is 299 g/mol. The Bertz CT molecular complexity index is 428. The quantitative estimate of drug-likeness (QED) is 0.424. The zero-order valence-corrected chi connectivity index (χ0v) is 11.2. The van der Waals surface area contributed by atoms with Crippen LogP contribution in [-0.4, -0.2) is 53.6 Å². The van der Waals surface area contributed by atoms with Gasteiger partial charge in [0.2, 0.25) is 0 Å². The summed E-state index contributed by atoms with van der Waals surface area (Å²) in [5.74, 6) is 0. The van der Waals surface area contributed by atoms with Gasteiger partial charge in [-0.25, -0.2) is 4.98 Å². The summed E-state index contributed by atoms with van der Waals surface area (Å²) in [6.45, 7) is 0.110. The Kier molecular flexibility index (Phi) is 5.24. The van der Waals surface area contributed by atoms with Gasteiger partial charge in [0.1, 0.15) is 12.6 Å². The summed E-state index contributed by atoms with van der Waals surface area (Å²) >= 11 is 0. The predicted octanol–water partition coefficient (Wildman–Crippen LogP) is -0.475. The molecule has 0 atom stereocenters. The van der Waals surface area contributed by atoms with Gasteiger partial charge in [-0.05, 0) is 0 Å². The molecule has 1 aromatic heterocycles. The van der Waals surface area contributed by atoms with E-state index >= 15 is 0 Å².